The predicted octanol–water partition coefficient (Wildman–Crippen LogP) is 0.743. The van der Waals surface area contributed by atoms with Gasteiger partial charge in [0.2, 0.25) is 10.0 Å². The van der Waals surface area contributed by atoms with E-state index in [1.807, 2.05) is 0 Å². The average Bonchev–Trinajstić information content (AvgIpc) is 2.49. The molecule has 0 saturated carbocycles. The summed E-state index contributed by atoms with van der Waals surface area (Å²) in [7, 11) is -1.84. The first-order valence-electron chi connectivity index (χ1n) is 6.92. The Morgan fingerprint density at radius 2 is 1.91 bits per heavy atom. The van der Waals surface area contributed by atoms with Gasteiger partial charge in [-0.2, -0.15) is 4.31 Å². The van der Waals surface area contributed by atoms with Crippen LogP contribution in [0.25, 0.3) is 0 Å². The van der Waals surface area contributed by atoms with Crippen LogP contribution in [0.4, 0.5) is 0 Å². The van der Waals surface area contributed by atoms with Gasteiger partial charge in [-0.05, 0) is 24.3 Å². The fraction of sp³-hybridized carbons (Fsp3) is 0.500. The normalized spacial score (nSPS) is 11.5. The van der Waals surface area contributed by atoms with Crippen molar-refractivity contribution >= 4 is 27.5 Å². The van der Waals surface area contributed by atoms with Gasteiger partial charge in [0.25, 0.3) is 5.91 Å². The Labute approximate surface area is 141 Å². The zero-order chi connectivity index (χ0) is 17.3. The number of amides is 1. The maximum atomic E-state index is 11.7. The summed E-state index contributed by atoms with van der Waals surface area (Å²) in [6.45, 7) is 0.750. The van der Waals surface area contributed by atoms with Gasteiger partial charge in [-0.25, -0.2) is 8.42 Å². The van der Waals surface area contributed by atoms with Crippen LogP contribution in [0, 0.1) is 0 Å². The summed E-state index contributed by atoms with van der Waals surface area (Å²) in [4.78, 5) is 11.7. The summed E-state index contributed by atoms with van der Waals surface area (Å²) >= 11 is 5.75. The van der Waals surface area contributed by atoms with Crippen LogP contribution in [0.2, 0.25) is 5.02 Å². The standard InChI is InChI=1S/C14H21ClN2O5S/c1-21-10-9-17(23(2,19)20)8-7-16-14(18)11-22-13-5-3-12(15)4-6-13/h3-6H,7-11H2,1-2H3,(H,16,18). The molecule has 1 N–H and O–H groups in total. The van der Waals surface area contributed by atoms with E-state index in [1.54, 1.807) is 24.3 Å². The maximum Gasteiger partial charge on any atom is 0.257 e. The summed E-state index contributed by atoms with van der Waals surface area (Å²) in [6.07, 6.45) is 1.12. The van der Waals surface area contributed by atoms with Gasteiger partial charge in [0, 0.05) is 31.8 Å². The number of nitrogens with one attached hydrogen (secondary N) is 1. The summed E-state index contributed by atoms with van der Waals surface area (Å²) < 4.78 is 34.6. The van der Waals surface area contributed by atoms with Crippen molar-refractivity contribution in [1.29, 1.82) is 0 Å². The Morgan fingerprint density at radius 3 is 2.48 bits per heavy atom. The van der Waals surface area contributed by atoms with E-state index in [0.717, 1.165) is 6.26 Å². The molecule has 0 spiro atoms. The summed E-state index contributed by atoms with van der Waals surface area (Å²) in [5.74, 6) is 0.197. The number of methoxy groups -OCH3 is 1. The average molecular weight is 365 g/mol. The minimum absolute atomic E-state index is 0.154. The number of rotatable bonds is 10. The lowest BCUT2D eigenvalue weighted by atomic mass is 10.3. The minimum atomic E-state index is -3.34. The summed E-state index contributed by atoms with van der Waals surface area (Å²) in [6, 6.07) is 6.64. The lowest BCUT2D eigenvalue weighted by Gasteiger charge is -2.19. The van der Waals surface area contributed by atoms with Crippen LogP contribution < -0.4 is 10.1 Å². The largest absolute Gasteiger partial charge is 0.484 e. The quantitative estimate of drug-likeness (QED) is 0.662. The Balaban J connectivity index is 2.32. The fourth-order valence-electron chi connectivity index (χ4n) is 1.69. The molecule has 0 aliphatic heterocycles. The van der Waals surface area contributed by atoms with Crippen molar-refractivity contribution in [2.75, 3.05) is 46.2 Å². The lowest BCUT2D eigenvalue weighted by molar-refractivity contribution is -0.123. The lowest BCUT2D eigenvalue weighted by Crippen LogP contribution is -2.40. The van der Waals surface area contributed by atoms with Gasteiger partial charge >= 0.3 is 0 Å². The number of ether oxygens (including phenoxy) is 2. The molecule has 0 aromatic heterocycles. The van der Waals surface area contributed by atoms with Crippen molar-refractivity contribution in [2.45, 2.75) is 0 Å². The van der Waals surface area contributed by atoms with Crippen molar-refractivity contribution in [3.63, 3.8) is 0 Å². The van der Waals surface area contributed by atoms with Crippen LogP contribution >= 0.6 is 11.6 Å². The highest BCUT2D eigenvalue weighted by Crippen LogP contribution is 2.15. The van der Waals surface area contributed by atoms with E-state index in [-0.39, 0.29) is 32.1 Å². The SMILES string of the molecule is COCCN(CCNC(=O)COc1ccc(Cl)cc1)S(C)(=O)=O. The zero-order valence-electron chi connectivity index (χ0n) is 13.1. The number of benzene rings is 1. The molecule has 7 nitrogen and oxygen atoms in total. The van der Waals surface area contributed by atoms with E-state index in [4.69, 9.17) is 21.1 Å². The number of carbonyl (C=O) groups is 1. The molecular weight excluding hydrogens is 344 g/mol. The second-order valence-corrected chi connectivity index (χ2v) is 7.17. The summed E-state index contributed by atoms with van der Waals surface area (Å²) in [5, 5.41) is 3.19. The minimum Gasteiger partial charge on any atom is -0.484 e. The van der Waals surface area contributed by atoms with Gasteiger partial charge in [-0.1, -0.05) is 11.6 Å². The number of sulfonamides is 1. The third-order valence-corrected chi connectivity index (χ3v) is 4.44. The molecule has 0 aliphatic rings. The van der Waals surface area contributed by atoms with Gasteiger partial charge in [0.15, 0.2) is 6.61 Å². The molecule has 1 aromatic carbocycles. The second kappa shape index (κ2) is 9.71. The van der Waals surface area contributed by atoms with E-state index in [2.05, 4.69) is 5.32 Å². The van der Waals surface area contributed by atoms with Crippen LogP contribution in [0.5, 0.6) is 5.75 Å². The third-order valence-electron chi connectivity index (χ3n) is 2.88. The first-order chi connectivity index (χ1) is 10.8. The van der Waals surface area contributed by atoms with Crippen LogP contribution in [0.3, 0.4) is 0 Å². The van der Waals surface area contributed by atoms with E-state index >= 15 is 0 Å². The van der Waals surface area contributed by atoms with Crippen molar-refractivity contribution in [1.82, 2.24) is 9.62 Å². The molecule has 0 bridgehead atoms. The third kappa shape index (κ3) is 8.17. The van der Waals surface area contributed by atoms with Gasteiger partial charge in [-0.15, -0.1) is 0 Å². The van der Waals surface area contributed by atoms with Crippen molar-refractivity contribution in [2.24, 2.45) is 0 Å². The highest BCUT2D eigenvalue weighted by atomic mass is 35.5. The molecule has 0 aliphatic carbocycles. The van der Waals surface area contributed by atoms with E-state index in [0.29, 0.717) is 17.4 Å². The molecule has 0 unspecified atom stereocenters. The van der Waals surface area contributed by atoms with Gasteiger partial charge < -0.3 is 14.8 Å². The van der Waals surface area contributed by atoms with Gasteiger partial charge in [0.05, 0.1) is 12.9 Å². The van der Waals surface area contributed by atoms with E-state index < -0.39 is 10.0 Å². The first kappa shape index (κ1) is 19.7. The number of hydrogen-bond donors (Lipinski definition) is 1. The predicted molar refractivity (Wildman–Crippen MR) is 88.2 cm³/mol. The van der Waals surface area contributed by atoms with E-state index in [1.165, 1.54) is 11.4 Å². The van der Waals surface area contributed by atoms with Gasteiger partial charge in [-0.3, -0.25) is 4.79 Å². The molecule has 130 valence electrons. The molecule has 0 radical (unpaired) electrons. The Kier molecular flexibility index (Phi) is 8.32. The van der Waals surface area contributed by atoms with Crippen LogP contribution in [-0.4, -0.2) is 64.8 Å². The molecule has 1 amide bonds. The Hall–Kier alpha value is -1.35. The van der Waals surface area contributed by atoms with Crippen LogP contribution in [-0.2, 0) is 19.6 Å². The topological polar surface area (TPSA) is 84.9 Å². The first-order valence-corrected chi connectivity index (χ1v) is 9.14. The molecule has 0 saturated heterocycles. The molecular formula is C14H21ClN2O5S. The number of halogens is 1. The van der Waals surface area contributed by atoms with Crippen molar-refractivity contribution in [3.8, 4) is 5.75 Å². The highest BCUT2D eigenvalue weighted by Gasteiger charge is 2.16. The molecule has 1 aromatic rings. The fourth-order valence-corrected chi connectivity index (χ4v) is 2.64. The molecule has 0 atom stereocenters. The van der Waals surface area contributed by atoms with Crippen LogP contribution in [0.15, 0.2) is 24.3 Å². The highest BCUT2D eigenvalue weighted by molar-refractivity contribution is 7.88. The monoisotopic (exact) mass is 364 g/mol. The van der Waals surface area contributed by atoms with Gasteiger partial charge in [0.1, 0.15) is 5.75 Å². The van der Waals surface area contributed by atoms with E-state index in [9.17, 15) is 13.2 Å². The number of hydrogen-bond acceptors (Lipinski definition) is 5. The molecule has 0 fully saturated rings. The van der Waals surface area contributed by atoms with Crippen LogP contribution in [0.1, 0.15) is 0 Å². The smallest absolute Gasteiger partial charge is 0.257 e. The molecule has 1 rings (SSSR count). The van der Waals surface area contributed by atoms with Crippen molar-refractivity contribution < 1.29 is 22.7 Å². The second-order valence-electron chi connectivity index (χ2n) is 4.75. The molecule has 9 heteroatoms. The number of carbonyl (C=O) groups excluding carboxylic acids is 1. The molecule has 0 heterocycles. The Morgan fingerprint density at radius 1 is 1.26 bits per heavy atom. The number of nitrogens with zero attached hydrogens (tertiary/aromatic N) is 1. The summed E-state index contributed by atoms with van der Waals surface area (Å²) in [5.41, 5.74) is 0. The van der Waals surface area contributed by atoms with Crippen molar-refractivity contribution in [3.05, 3.63) is 29.3 Å². The maximum absolute atomic E-state index is 11.7. The Bertz CT molecular complexity index is 592. The molecule has 23 heavy (non-hydrogen) atoms. The zero-order valence-corrected chi connectivity index (χ0v) is 14.7.